The van der Waals surface area contributed by atoms with Crippen LogP contribution in [0.5, 0.6) is 5.75 Å². The summed E-state index contributed by atoms with van der Waals surface area (Å²) in [5.74, 6) is -0.654. The number of nitro groups is 1. The third kappa shape index (κ3) is 3.94. The molecule has 0 aliphatic rings. The standard InChI is InChI=1S/C14H7F6NO3/c15-13(16,17)10-2-1-3-11(21(22)23)12(10)8-4-6-9(7-5-8)24-14(18,19)20/h1-7H. The number of nitrogens with zero attached hydrogens (tertiary/aromatic N) is 1. The zero-order valence-corrected chi connectivity index (χ0v) is 11.5. The van der Waals surface area contributed by atoms with Crippen LogP contribution in [0.1, 0.15) is 5.56 Å². The summed E-state index contributed by atoms with van der Waals surface area (Å²) in [4.78, 5) is 10.00. The number of hydrogen-bond donors (Lipinski definition) is 0. The summed E-state index contributed by atoms with van der Waals surface area (Å²) in [5, 5.41) is 11.0. The Morgan fingerprint density at radius 2 is 1.50 bits per heavy atom. The van der Waals surface area contributed by atoms with E-state index in [1.807, 2.05) is 0 Å². The van der Waals surface area contributed by atoms with Gasteiger partial charge in [-0.15, -0.1) is 13.2 Å². The lowest BCUT2D eigenvalue weighted by molar-refractivity contribution is -0.384. The lowest BCUT2D eigenvalue weighted by Crippen LogP contribution is -2.17. The highest BCUT2D eigenvalue weighted by atomic mass is 19.4. The van der Waals surface area contributed by atoms with Gasteiger partial charge in [-0.2, -0.15) is 13.2 Å². The van der Waals surface area contributed by atoms with Crippen LogP contribution < -0.4 is 4.74 Å². The van der Waals surface area contributed by atoms with Crippen LogP contribution in [-0.2, 0) is 6.18 Å². The number of hydrogen-bond acceptors (Lipinski definition) is 3. The number of nitro benzene ring substituents is 1. The summed E-state index contributed by atoms with van der Waals surface area (Å²) in [5.41, 5.74) is -3.06. The minimum Gasteiger partial charge on any atom is -0.406 e. The van der Waals surface area contributed by atoms with Crippen molar-refractivity contribution in [3.63, 3.8) is 0 Å². The first-order valence-electron chi connectivity index (χ1n) is 6.20. The average molecular weight is 351 g/mol. The van der Waals surface area contributed by atoms with E-state index in [0.717, 1.165) is 36.4 Å². The molecule has 0 radical (unpaired) electrons. The minimum absolute atomic E-state index is 0.260. The van der Waals surface area contributed by atoms with Crippen LogP contribution >= 0.6 is 0 Å². The van der Waals surface area contributed by atoms with Crippen LogP contribution in [0.3, 0.4) is 0 Å². The van der Waals surface area contributed by atoms with Gasteiger partial charge in [-0.25, -0.2) is 0 Å². The zero-order valence-electron chi connectivity index (χ0n) is 11.5. The molecule has 2 rings (SSSR count). The first-order chi connectivity index (χ1) is 11.0. The highest BCUT2D eigenvalue weighted by molar-refractivity contribution is 5.77. The number of halogens is 6. The van der Waals surface area contributed by atoms with Crippen LogP contribution in [0, 0.1) is 10.1 Å². The van der Waals surface area contributed by atoms with Gasteiger partial charge in [-0.05, 0) is 23.8 Å². The summed E-state index contributed by atoms with van der Waals surface area (Å²) in [7, 11) is 0. The van der Waals surface area contributed by atoms with Crippen molar-refractivity contribution in [2.45, 2.75) is 12.5 Å². The molecule has 0 atom stereocenters. The minimum atomic E-state index is -4.96. The Morgan fingerprint density at radius 1 is 0.917 bits per heavy atom. The second-order valence-electron chi connectivity index (χ2n) is 4.53. The van der Waals surface area contributed by atoms with Crippen LogP contribution in [-0.4, -0.2) is 11.3 Å². The van der Waals surface area contributed by atoms with Crippen molar-refractivity contribution in [2.24, 2.45) is 0 Å². The van der Waals surface area contributed by atoms with Crippen molar-refractivity contribution in [3.05, 3.63) is 58.1 Å². The molecule has 10 heteroatoms. The van der Waals surface area contributed by atoms with Gasteiger partial charge in [0.25, 0.3) is 5.69 Å². The topological polar surface area (TPSA) is 52.4 Å². The Bertz CT molecular complexity index is 753. The Morgan fingerprint density at radius 3 is 1.96 bits per heavy atom. The van der Waals surface area contributed by atoms with Crippen LogP contribution in [0.2, 0.25) is 0 Å². The van der Waals surface area contributed by atoms with Gasteiger partial charge < -0.3 is 4.74 Å². The van der Waals surface area contributed by atoms with E-state index in [-0.39, 0.29) is 5.56 Å². The van der Waals surface area contributed by atoms with Gasteiger partial charge >= 0.3 is 12.5 Å². The summed E-state index contributed by atoms with van der Waals surface area (Å²) in [6.07, 6.45) is -9.83. The van der Waals surface area contributed by atoms with Gasteiger partial charge in [0.05, 0.1) is 16.1 Å². The van der Waals surface area contributed by atoms with E-state index in [1.165, 1.54) is 0 Å². The predicted octanol–water partition coefficient (Wildman–Crippen LogP) is 5.18. The van der Waals surface area contributed by atoms with Crippen LogP contribution in [0.4, 0.5) is 32.0 Å². The highest BCUT2D eigenvalue weighted by Crippen LogP contribution is 2.42. The zero-order chi connectivity index (χ0) is 18.1. The van der Waals surface area contributed by atoms with Crippen molar-refractivity contribution >= 4 is 5.69 Å². The molecule has 0 bridgehead atoms. The van der Waals surface area contributed by atoms with Gasteiger partial charge in [0.1, 0.15) is 5.75 Å². The Labute approximate surface area is 130 Å². The van der Waals surface area contributed by atoms with Crippen molar-refractivity contribution in [3.8, 4) is 16.9 Å². The van der Waals surface area contributed by atoms with Crippen molar-refractivity contribution < 1.29 is 36.0 Å². The molecule has 0 amide bonds. The normalized spacial score (nSPS) is 12.1. The summed E-state index contributed by atoms with van der Waals surface area (Å²) in [6.45, 7) is 0. The fourth-order valence-electron chi connectivity index (χ4n) is 2.06. The van der Waals surface area contributed by atoms with Gasteiger partial charge in [0, 0.05) is 6.07 Å². The highest BCUT2D eigenvalue weighted by Gasteiger charge is 2.37. The van der Waals surface area contributed by atoms with Crippen molar-refractivity contribution in [2.75, 3.05) is 0 Å². The van der Waals surface area contributed by atoms with E-state index < -0.39 is 40.0 Å². The molecule has 0 aliphatic carbocycles. The van der Waals surface area contributed by atoms with E-state index in [4.69, 9.17) is 0 Å². The molecule has 2 aromatic carbocycles. The van der Waals surface area contributed by atoms with Gasteiger partial charge in [-0.3, -0.25) is 10.1 Å². The molecular formula is C14H7F6NO3. The number of benzene rings is 2. The van der Waals surface area contributed by atoms with E-state index in [1.54, 1.807) is 0 Å². The van der Waals surface area contributed by atoms with E-state index in [0.29, 0.717) is 6.07 Å². The fourth-order valence-corrected chi connectivity index (χ4v) is 2.06. The molecule has 0 fully saturated rings. The molecule has 0 saturated carbocycles. The SMILES string of the molecule is O=[N+]([O-])c1cccc(C(F)(F)F)c1-c1ccc(OC(F)(F)F)cc1. The van der Waals surface area contributed by atoms with Gasteiger partial charge in [0.2, 0.25) is 0 Å². The second kappa shape index (κ2) is 6.02. The average Bonchev–Trinajstić information content (AvgIpc) is 2.44. The summed E-state index contributed by atoms with van der Waals surface area (Å²) < 4.78 is 79.1. The third-order valence-corrected chi connectivity index (χ3v) is 2.92. The molecule has 4 nitrogen and oxygen atoms in total. The lowest BCUT2D eigenvalue weighted by Gasteiger charge is -2.14. The quantitative estimate of drug-likeness (QED) is 0.435. The molecule has 0 aromatic heterocycles. The van der Waals surface area contributed by atoms with Gasteiger partial charge in [0.15, 0.2) is 0 Å². The molecule has 0 aliphatic heterocycles. The Balaban J connectivity index is 2.57. The molecule has 0 unspecified atom stereocenters. The summed E-state index contributed by atoms with van der Waals surface area (Å²) in [6, 6.07) is 5.75. The van der Waals surface area contributed by atoms with E-state index in [9.17, 15) is 36.5 Å². The first kappa shape index (κ1) is 17.6. The Kier molecular flexibility index (Phi) is 4.41. The van der Waals surface area contributed by atoms with E-state index in [2.05, 4.69) is 4.74 Å². The smallest absolute Gasteiger partial charge is 0.406 e. The third-order valence-electron chi connectivity index (χ3n) is 2.92. The van der Waals surface area contributed by atoms with Crippen molar-refractivity contribution in [1.29, 1.82) is 0 Å². The molecule has 0 heterocycles. The lowest BCUT2D eigenvalue weighted by atomic mass is 9.97. The molecular weight excluding hydrogens is 344 g/mol. The molecule has 24 heavy (non-hydrogen) atoms. The maximum absolute atomic E-state index is 13.1. The Hall–Kier alpha value is -2.78. The monoisotopic (exact) mass is 351 g/mol. The molecule has 0 spiro atoms. The number of alkyl halides is 6. The largest absolute Gasteiger partial charge is 0.573 e. The van der Waals surface area contributed by atoms with Crippen LogP contribution in [0.15, 0.2) is 42.5 Å². The van der Waals surface area contributed by atoms with Crippen molar-refractivity contribution in [1.82, 2.24) is 0 Å². The predicted molar refractivity (Wildman–Crippen MR) is 70.2 cm³/mol. The maximum atomic E-state index is 13.1. The summed E-state index contributed by atoms with van der Waals surface area (Å²) >= 11 is 0. The molecule has 2 aromatic rings. The molecule has 0 saturated heterocycles. The van der Waals surface area contributed by atoms with Gasteiger partial charge in [-0.1, -0.05) is 18.2 Å². The number of ether oxygens (including phenoxy) is 1. The molecule has 0 N–H and O–H groups in total. The van der Waals surface area contributed by atoms with E-state index >= 15 is 0 Å². The fraction of sp³-hybridized carbons (Fsp3) is 0.143. The molecule has 128 valence electrons. The maximum Gasteiger partial charge on any atom is 0.573 e. The first-order valence-corrected chi connectivity index (χ1v) is 6.20. The van der Waals surface area contributed by atoms with Crippen LogP contribution in [0.25, 0.3) is 11.1 Å². The number of rotatable bonds is 3. The second-order valence-corrected chi connectivity index (χ2v) is 4.53.